The van der Waals surface area contributed by atoms with Gasteiger partial charge in [-0.1, -0.05) is 19.8 Å². The third-order valence-corrected chi connectivity index (χ3v) is 3.54. The molecule has 2 N–H and O–H groups in total. The van der Waals surface area contributed by atoms with Gasteiger partial charge >= 0.3 is 0 Å². The summed E-state index contributed by atoms with van der Waals surface area (Å²) in [5, 5.41) is 11.6. The van der Waals surface area contributed by atoms with Crippen molar-refractivity contribution in [2.24, 2.45) is 5.92 Å². The first-order valence-corrected chi connectivity index (χ1v) is 7.13. The van der Waals surface area contributed by atoms with E-state index in [0.29, 0.717) is 0 Å². The molecule has 1 amide bonds. The Morgan fingerprint density at radius 3 is 2.94 bits per heavy atom. The molecule has 1 aliphatic carbocycles. The maximum absolute atomic E-state index is 11.6. The third-order valence-electron chi connectivity index (χ3n) is 3.54. The van der Waals surface area contributed by atoms with Crippen LogP contribution < -0.4 is 5.32 Å². The van der Waals surface area contributed by atoms with Gasteiger partial charge in [-0.2, -0.15) is 0 Å². The molecule has 0 aliphatic heterocycles. The van der Waals surface area contributed by atoms with Crippen molar-refractivity contribution >= 4 is 5.91 Å². The number of hydrogen-bond donors (Lipinski definition) is 2. The number of aliphatic hydroxyl groups is 1. The second-order valence-electron chi connectivity index (χ2n) is 5.54. The monoisotopic (exact) mass is 257 g/mol. The molecule has 1 saturated carbocycles. The summed E-state index contributed by atoms with van der Waals surface area (Å²) in [6.07, 6.45) is 6.44. The van der Waals surface area contributed by atoms with Crippen molar-refractivity contribution in [2.45, 2.75) is 64.5 Å². The van der Waals surface area contributed by atoms with E-state index in [0.717, 1.165) is 31.6 Å². The number of carbonyl (C=O) groups is 1. The van der Waals surface area contributed by atoms with Gasteiger partial charge < -0.3 is 15.2 Å². The number of carbonyl (C=O) groups excluding carboxylic acids is 1. The first-order chi connectivity index (χ1) is 8.61. The lowest BCUT2D eigenvalue weighted by molar-refractivity contribution is -0.129. The van der Waals surface area contributed by atoms with Gasteiger partial charge in [-0.15, -0.1) is 0 Å². The molecule has 3 atom stereocenters. The Balaban J connectivity index is 2.12. The van der Waals surface area contributed by atoms with E-state index >= 15 is 0 Å². The molecule has 0 aromatic rings. The van der Waals surface area contributed by atoms with Gasteiger partial charge in [-0.05, 0) is 38.5 Å². The summed E-state index contributed by atoms with van der Waals surface area (Å²) in [5.41, 5.74) is 0. The Labute approximate surface area is 110 Å². The zero-order chi connectivity index (χ0) is 13.4. The molecule has 3 unspecified atom stereocenters. The Morgan fingerprint density at radius 2 is 2.28 bits per heavy atom. The van der Waals surface area contributed by atoms with Gasteiger partial charge in [0.15, 0.2) is 0 Å². The summed E-state index contributed by atoms with van der Waals surface area (Å²) >= 11 is 0. The van der Waals surface area contributed by atoms with Gasteiger partial charge in [-0.3, -0.25) is 4.79 Å². The van der Waals surface area contributed by atoms with E-state index in [1.165, 1.54) is 12.8 Å². The molecule has 0 aromatic heterocycles. The smallest absolute Gasteiger partial charge is 0.246 e. The largest absolute Gasteiger partial charge is 0.396 e. The standard InChI is InChI=1S/C14H27NO3/c1-11-5-3-7-13(9-11)18-10-14(17)15-12(2)6-4-8-16/h11-13,16H,3-10H2,1-2H3,(H,15,17). The van der Waals surface area contributed by atoms with Gasteiger partial charge in [0.05, 0.1) is 6.10 Å². The SMILES string of the molecule is CC1CCCC(OCC(=O)NC(C)CCCO)C1. The Kier molecular flexibility index (Phi) is 7.28. The number of rotatable bonds is 7. The van der Waals surface area contributed by atoms with Gasteiger partial charge in [0.2, 0.25) is 5.91 Å². The molecule has 0 saturated heterocycles. The summed E-state index contributed by atoms with van der Waals surface area (Å²) in [7, 11) is 0. The van der Waals surface area contributed by atoms with E-state index in [1.807, 2.05) is 6.92 Å². The lowest BCUT2D eigenvalue weighted by atomic mass is 9.89. The minimum atomic E-state index is -0.0429. The molecule has 1 fully saturated rings. The normalized spacial score (nSPS) is 25.7. The number of hydrogen-bond acceptors (Lipinski definition) is 3. The molecule has 1 rings (SSSR count). The van der Waals surface area contributed by atoms with Crippen LogP contribution >= 0.6 is 0 Å². The van der Waals surface area contributed by atoms with E-state index in [1.54, 1.807) is 0 Å². The van der Waals surface area contributed by atoms with Crippen LogP contribution in [0.3, 0.4) is 0 Å². The van der Waals surface area contributed by atoms with E-state index in [9.17, 15) is 4.79 Å². The van der Waals surface area contributed by atoms with Crippen molar-refractivity contribution in [3.63, 3.8) is 0 Å². The summed E-state index contributed by atoms with van der Waals surface area (Å²) in [6.45, 7) is 4.54. The third kappa shape index (κ3) is 6.36. The van der Waals surface area contributed by atoms with Crippen LogP contribution in [0, 0.1) is 5.92 Å². The summed E-state index contributed by atoms with van der Waals surface area (Å²) in [4.78, 5) is 11.6. The molecule has 0 radical (unpaired) electrons. The maximum atomic E-state index is 11.6. The van der Waals surface area contributed by atoms with E-state index in [2.05, 4.69) is 12.2 Å². The molecule has 0 spiro atoms. The fourth-order valence-corrected chi connectivity index (χ4v) is 2.51. The Bertz CT molecular complexity index is 245. The topological polar surface area (TPSA) is 58.6 Å². The maximum Gasteiger partial charge on any atom is 0.246 e. The molecule has 106 valence electrons. The molecule has 0 aromatic carbocycles. The number of ether oxygens (including phenoxy) is 1. The number of nitrogens with one attached hydrogen (secondary N) is 1. The van der Waals surface area contributed by atoms with Crippen molar-refractivity contribution in [3.05, 3.63) is 0 Å². The highest BCUT2D eigenvalue weighted by atomic mass is 16.5. The van der Waals surface area contributed by atoms with Gasteiger partial charge in [0.25, 0.3) is 0 Å². The van der Waals surface area contributed by atoms with Crippen LogP contribution in [0.1, 0.15) is 52.4 Å². The highest BCUT2D eigenvalue weighted by Crippen LogP contribution is 2.25. The van der Waals surface area contributed by atoms with Crippen LogP contribution in [-0.2, 0) is 9.53 Å². The van der Waals surface area contributed by atoms with Crippen LogP contribution in [0.25, 0.3) is 0 Å². The minimum absolute atomic E-state index is 0.0429. The average molecular weight is 257 g/mol. The van der Waals surface area contributed by atoms with Crippen LogP contribution in [-0.4, -0.2) is 36.4 Å². The summed E-state index contributed by atoms with van der Waals surface area (Å²) in [6, 6.07) is 0.110. The van der Waals surface area contributed by atoms with Gasteiger partial charge in [0.1, 0.15) is 6.61 Å². The number of aliphatic hydroxyl groups excluding tert-OH is 1. The predicted octanol–water partition coefficient (Wildman–Crippen LogP) is 1.86. The first-order valence-electron chi connectivity index (χ1n) is 7.13. The van der Waals surface area contributed by atoms with Crippen molar-refractivity contribution in [3.8, 4) is 0 Å². The van der Waals surface area contributed by atoms with E-state index < -0.39 is 0 Å². The van der Waals surface area contributed by atoms with Crippen molar-refractivity contribution in [1.82, 2.24) is 5.32 Å². The number of amides is 1. The summed E-state index contributed by atoms with van der Waals surface area (Å²) < 4.78 is 5.66. The van der Waals surface area contributed by atoms with Crippen LogP contribution in [0.5, 0.6) is 0 Å². The second kappa shape index (κ2) is 8.48. The quantitative estimate of drug-likeness (QED) is 0.732. The molecule has 0 bridgehead atoms. The van der Waals surface area contributed by atoms with Crippen LogP contribution in [0.2, 0.25) is 0 Å². The first kappa shape index (κ1) is 15.4. The predicted molar refractivity (Wildman–Crippen MR) is 71.3 cm³/mol. The minimum Gasteiger partial charge on any atom is -0.396 e. The molecule has 4 nitrogen and oxygen atoms in total. The zero-order valence-electron chi connectivity index (χ0n) is 11.7. The molecular weight excluding hydrogens is 230 g/mol. The Hall–Kier alpha value is -0.610. The molecule has 18 heavy (non-hydrogen) atoms. The fraction of sp³-hybridized carbons (Fsp3) is 0.929. The second-order valence-corrected chi connectivity index (χ2v) is 5.54. The van der Waals surface area contributed by atoms with Crippen molar-refractivity contribution < 1.29 is 14.6 Å². The molecule has 0 heterocycles. The van der Waals surface area contributed by atoms with Crippen molar-refractivity contribution in [2.75, 3.05) is 13.2 Å². The molecule has 4 heteroatoms. The molecular formula is C14H27NO3. The highest BCUT2D eigenvalue weighted by Gasteiger charge is 2.20. The van der Waals surface area contributed by atoms with E-state index in [4.69, 9.17) is 9.84 Å². The van der Waals surface area contributed by atoms with Crippen LogP contribution in [0.4, 0.5) is 0 Å². The Morgan fingerprint density at radius 1 is 1.50 bits per heavy atom. The lowest BCUT2D eigenvalue weighted by Gasteiger charge is -2.26. The zero-order valence-corrected chi connectivity index (χ0v) is 11.7. The lowest BCUT2D eigenvalue weighted by Crippen LogP contribution is -2.37. The van der Waals surface area contributed by atoms with Gasteiger partial charge in [0, 0.05) is 12.6 Å². The van der Waals surface area contributed by atoms with Crippen molar-refractivity contribution in [1.29, 1.82) is 0 Å². The molecule has 1 aliphatic rings. The average Bonchev–Trinajstić information content (AvgIpc) is 2.34. The fourth-order valence-electron chi connectivity index (χ4n) is 2.51. The van der Waals surface area contributed by atoms with Gasteiger partial charge in [-0.25, -0.2) is 0 Å². The van der Waals surface area contributed by atoms with Crippen LogP contribution in [0.15, 0.2) is 0 Å². The summed E-state index contributed by atoms with van der Waals surface area (Å²) in [5.74, 6) is 0.675. The highest BCUT2D eigenvalue weighted by molar-refractivity contribution is 5.77. The van der Waals surface area contributed by atoms with E-state index in [-0.39, 0.29) is 31.3 Å².